The van der Waals surface area contributed by atoms with E-state index < -0.39 is 0 Å². The van der Waals surface area contributed by atoms with Crippen molar-refractivity contribution in [2.75, 3.05) is 26.2 Å². The Labute approximate surface area is 116 Å². The van der Waals surface area contributed by atoms with Gasteiger partial charge in [-0.1, -0.05) is 13.8 Å². The SMILES string of the molecule is CC(C)C1CCCN(C(=O)[C@H]2NCCO[C@@H]2C)CC1. The van der Waals surface area contributed by atoms with Crippen LogP contribution < -0.4 is 5.32 Å². The first kappa shape index (κ1) is 14.8. The van der Waals surface area contributed by atoms with Gasteiger partial charge in [-0.05, 0) is 38.0 Å². The summed E-state index contributed by atoms with van der Waals surface area (Å²) in [5, 5.41) is 3.30. The zero-order chi connectivity index (χ0) is 13.8. The second-order valence-corrected chi connectivity index (χ2v) is 6.27. The predicted octanol–water partition coefficient (Wildman–Crippen LogP) is 1.65. The summed E-state index contributed by atoms with van der Waals surface area (Å²) < 4.78 is 5.58. The molecule has 0 aromatic carbocycles. The zero-order valence-electron chi connectivity index (χ0n) is 12.5. The van der Waals surface area contributed by atoms with Gasteiger partial charge in [0, 0.05) is 19.6 Å². The fraction of sp³-hybridized carbons (Fsp3) is 0.933. The van der Waals surface area contributed by atoms with Gasteiger partial charge in [-0.2, -0.15) is 0 Å². The Bertz CT molecular complexity index is 307. The van der Waals surface area contributed by atoms with Crippen LogP contribution in [0.25, 0.3) is 0 Å². The van der Waals surface area contributed by atoms with E-state index in [1.165, 1.54) is 6.42 Å². The average Bonchev–Trinajstić information content (AvgIpc) is 2.64. The van der Waals surface area contributed by atoms with Crippen LogP contribution in [0, 0.1) is 11.8 Å². The van der Waals surface area contributed by atoms with E-state index in [-0.39, 0.29) is 18.1 Å². The number of carbonyl (C=O) groups is 1. The van der Waals surface area contributed by atoms with Gasteiger partial charge < -0.3 is 15.0 Å². The highest BCUT2D eigenvalue weighted by Gasteiger charge is 2.32. The molecule has 1 unspecified atom stereocenters. The number of hydrogen-bond acceptors (Lipinski definition) is 3. The Morgan fingerprint density at radius 1 is 1.32 bits per heavy atom. The molecular weight excluding hydrogens is 240 g/mol. The number of hydrogen-bond donors (Lipinski definition) is 1. The Balaban J connectivity index is 1.92. The molecule has 2 rings (SSSR count). The van der Waals surface area contributed by atoms with E-state index in [1.54, 1.807) is 0 Å². The van der Waals surface area contributed by atoms with Crippen LogP contribution in [0.15, 0.2) is 0 Å². The van der Waals surface area contributed by atoms with Crippen LogP contribution in [0.4, 0.5) is 0 Å². The molecule has 1 N–H and O–H groups in total. The molecule has 0 spiro atoms. The van der Waals surface area contributed by atoms with Crippen molar-refractivity contribution in [1.29, 1.82) is 0 Å². The van der Waals surface area contributed by atoms with Gasteiger partial charge in [0.2, 0.25) is 5.91 Å². The summed E-state index contributed by atoms with van der Waals surface area (Å²) in [6.45, 7) is 9.88. The number of nitrogens with zero attached hydrogens (tertiary/aromatic N) is 1. The topological polar surface area (TPSA) is 41.6 Å². The zero-order valence-corrected chi connectivity index (χ0v) is 12.5. The van der Waals surface area contributed by atoms with Crippen molar-refractivity contribution >= 4 is 5.91 Å². The number of rotatable bonds is 2. The molecule has 0 saturated carbocycles. The van der Waals surface area contributed by atoms with Gasteiger partial charge in [-0.15, -0.1) is 0 Å². The summed E-state index contributed by atoms with van der Waals surface area (Å²) in [4.78, 5) is 14.6. The van der Waals surface area contributed by atoms with E-state index in [2.05, 4.69) is 19.2 Å². The lowest BCUT2D eigenvalue weighted by Gasteiger charge is -2.33. The van der Waals surface area contributed by atoms with E-state index in [4.69, 9.17) is 4.74 Å². The molecule has 110 valence electrons. The fourth-order valence-corrected chi connectivity index (χ4v) is 3.22. The van der Waals surface area contributed by atoms with Crippen molar-refractivity contribution in [2.45, 2.75) is 52.2 Å². The second-order valence-electron chi connectivity index (χ2n) is 6.27. The van der Waals surface area contributed by atoms with Gasteiger partial charge in [0.1, 0.15) is 6.04 Å². The molecule has 4 heteroatoms. The van der Waals surface area contributed by atoms with E-state index in [1.807, 2.05) is 11.8 Å². The fourth-order valence-electron chi connectivity index (χ4n) is 3.22. The van der Waals surface area contributed by atoms with E-state index in [0.717, 1.165) is 44.3 Å². The molecule has 0 radical (unpaired) electrons. The highest BCUT2D eigenvalue weighted by Crippen LogP contribution is 2.25. The molecule has 2 aliphatic rings. The second kappa shape index (κ2) is 6.71. The maximum atomic E-state index is 12.6. The summed E-state index contributed by atoms with van der Waals surface area (Å²) in [5.41, 5.74) is 0. The molecule has 2 saturated heterocycles. The summed E-state index contributed by atoms with van der Waals surface area (Å²) >= 11 is 0. The first-order chi connectivity index (χ1) is 9.09. The molecule has 3 atom stereocenters. The number of nitrogens with one attached hydrogen (secondary N) is 1. The minimum atomic E-state index is -0.149. The van der Waals surface area contributed by atoms with Crippen molar-refractivity contribution in [2.24, 2.45) is 11.8 Å². The molecule has 2 fully saturated rings. The molecule has 0 aromatic heterocycles. The van der Waals surface area contributed by atoms with Gasteiger partial charge in [-0.3, -0.25) is 4.79 Å². The highest BCUT2D eigenvalue weighted by molar-refractivity contribution is 5.82. The smallest absolute Gasteiger partial charge is 0.242 e. The molecular formula is C15H28N2O2. The lowest BCUT2D eigenvalue weighted by molar-refractivity contribution is -0.139. The number of carbonyl (C=O) groups excluding carboxylic acids is 1. The van der Waals surface area contributed by atoms with Crippen LogP contribution in [-0.2, 0) is 9.53 Å². The third kappa shape index (κ3) is 3.69. The standard InChI is InChI=1S/C15H28N2O2/c1-11(2)13-5-4-8-17(9-6-13)15(18)14-12(3)19-10-7-16-14/h11-14,16H,4-10H2,1-3H3/t12-,13?,14+/m1/s1. The van der Waals surface area contributed by atoms with Gasteiger partial charge in [0.25, 0.3) is 0 Å². The van der Waals surface area contributed by atoms with Crippen molar-refractivity contribution in [3.05, 3.63) is 0 Å². The van der Waals surface area contributed by atoms with Gasteiger partial charge >= 0.3 is 0 Å². The Morgan fingerprint density at radius 3 is 2.79 bits per heavy atom. The average molecular weight is 268 g/mol. The van der Waals surface area contributed by atoms with Crippen molar-refractivity contribution in [3.63, 3.8) is 0 Å². The third-order valence-electron chi connectivity index (χ3n) is 4.61. The molecule has 19 heavy (non-hydrogen) atoms. The number of amides is 1. The number of morpholine rings is 1. The lowest BCUT2D eigenvalue weighted by Crippen LogP contribution is -2.56. The Hall–Kier alpha value is -0.610. The first-order valence-electron chi connectivity index (χ1n) is 7.73. The molecule has 4 nitrogen and oxygen atoms in total. The maximum absolute atomic E-state index is 12.6. The summed E-state index contributed by atoms with van der Waals surface area (Å²) in [6.07, 6.45) is 3.53. The number of likely N-dealkylation sites (tertiary alicyclic amines) is 1. The summed E-state index contributed by atoms with van der Waals surface area (Å²) in [6, 6.07) is -0.149. The number of ether oxygens (including phenoxy) is 1. The molecule has 1 amide bonds. The minimum absolute atomic E-state index is 0.00889. The maximum Gasteiger partial charge on any atom is 0.242 e. The first-order valence-corrected chi connectivity index (χ1v) is 7.73. The van der Waals surface area contributed by atoms with E-state index in [9.17, 15) is 4.79 Å². The van der Waals surface area contributed by atoms with Crippen LogP contribution in [0.5, 0.6) is 0 Å². The van der Waals surface area contributed by atoms with Crippen LogP contribution in [0.2, 0.25) is 0 Å². The van der Waals surface area contributed by atoms with Gasteiger partial charge in [-0.25, -0.2) is 0 Å². The molecule has 2 heterocycles. The van der Waals surface area contributed by atoms with E-state index >= 15 is 0 Å². The van der Waals surface area contributed by atoms with Crippen LogP contribution >= 0.6 is 0 Å². The minimum Gasteiger partial charge on any atom is -0.375 e. The molecule has 2 aliphatic heterocycles. The summed E-state index contributed by atoms with van der Waals surface area (Å²) in [7, 11) is 0. The quantitative estimate of drug-likeness (QED) is 0.828. The highest BCUT2D eigenvalue weighted by atomic mass is 16.5. The van der Waals surface area contributed by atoms with Crippen molar-refractivity contribution in [1.82, 2.24) is 10.2 Å². The van der Waals surface area contributed by atoms with Crippen molar-refractivity contribution < 1.29 is 9.53 Å². The lowest BCUT2D eigenvalue weighted by atomic mass is 9.89. The van der Waals surface area contributed by atoms with Gasteiger partial charge in [0.05, 0.1) is 12.7 Å². The molecule has 0 aromatic rings. The third-order valence-corrected chi connectivity index (χ3v) is 4.61. The van der Waals surface area contributed by atoms with Crippen molar-refractivity contribution in [3.8, 4) is 0 Å². The predicted molar refractivity (Wildman–Crippen MR) is 76.0 cm³/mol. The Morgan fingerprint density at radius 2 is 2.11 bits per heavy atom. The van der Waals surface area contributed by atoms with Crippen LogP contribution in [-0.4, -0.2) is 49.2 Å². The monoisotopic (exact) mass is 268 g/mol. The molecule has 0 aliphatic carbocycles. The normalized spacial score (nSPS) is 33.3. The Kier molecular flexibility index (Phi) is 5.22. The molecule has 0 bridgehead atoms. The van der Waals surface area contributed by atoms with E-state index in [0.29, 0.717) is 6.61 Å². The summed E-state index contributed by atoms with van der Waals surface area (Å²) in [5.74, 6) is 1.73. The van der Waals surface area contributed by atoms with Crippen LogP contribution in [0.3, 0.4) is 0 Å². The van der Waals surface area contributed by atoms with Gasteiger partial charge in [0.15, 0.2) is 0 Å². The largest absolute Gasteiger partial charge is 0.375 e. The van der Waals surface area contributed by atoms with Crippen LogP contribution in [0.1, 0.15) is 40.0 Å².